The fourth-order valence-electron chi connectivity index (χ4n) is 3.63. The van der Waals surface area contributed by atoms with Crippen molar-refractivity contribution in [2.45, 2.75) is 75.2 Å². The summed E-state index contributed by atoms with van der Waals surface area (Å²) in [5.74, 6) is 1.34. The highest BCUT2D eigenvalue weighted by atomic mass is 79.9. The number of amides is 1. The van der Waals surface area contributed by atoms with Crippen molar-refractivity contribution in [2.24, 2.45) is 35.1 Å². The first-order chi connectivity index (χ1) is 35.1. The Hall–Kier alpha value is -6.01. The number of hydrogen-bond acceptors (Lipinski definition) is 17. The molecule has 0 atom stereocenters. The number of ether oxygens (including phenoxy) is 4. The number of nitrogens with zero attached hydrogens (tertiary/aromatic N) is 5. The van der Waals surface area contributed by atoms with E-state index in [1.54, 1.807) is 89.9 Å². The van der Waals surface area contributed by atoms with E-state index < -0.39 is 17.8 Å². The van der Waals surface area contributed by atoms with E-state index in [9.17, 15) is 28.8 Å². The van der Waals surface area contributed by atoms with Gasteiger partial charge in [0.2, 0.25) is 5.24 Å². The maximum Gasteiger partial charge on any atom is 0.354 e. The van der Waals surface area contributed by atoms with Crippen molar-refractivity contribution in [3.8, 4) is 33.7 Å². The summed E-state index contributed by atoms with van der Waals surface area (Å²) in [5.41, 5.74) is 13.1. The topological polar surface area (TPSA) is 296 Å². The molecule has 24 heteroatoms. The minimum Gasteiger partial charge on any atom is -0.497 e. The number of carbonyl (C=O) groups is 6. The highest BCUT2D eigenvalue weighted by Gasteiger charge is 2.10. The number of thiocarbonyl (C=S) groups is 1. The van der Waals surface area contributed by atoms with Gasteiger partial charge in [-0.1, -0.05) is 113 Å². The number of aromatic carboxylic acids is 1. The van der Waals surface area contributed by atoms with Gasteiger partial charge in [-0.3, -0.25) is 38.9 Å². The van der Waals surface area contributed by atoms with Crippen LogP contribution in [0.3, 0.4) is 0 Å². The molecule has 0 spiro atoms. The minimum atomic E-state index is -1.05. The monoisotopic (exact) mass is 1230 g/mol. The van der Waals surface area contributed by atoms with E-state index in [1.807, 2.05) is 39.8 Å². The number of carboxylic acids is 2. The number of rotatable bonds is 15. The van der Waals surface area contributed by atoms with Crippen molar-refractivity contribution in [3.05, 3.63) is 101 Å². The van der Waals surface area contributed by atoms with E-state index in [1.165, 1.54) is 38.7 Å². The predicted octanol–water partition coefficient (Wildman–Crippen LogP) is 10.4. The highest BCUT2D eigenvalue weighted by Crippen LogP contribution is 2.27. The molecule has 0 aliphatic heterocycles. The second-order valence-electron chi connectivity index (χ2n) is 16.1. The van der Waals surface area contributed by atoms with Crippen LogP contribution in [-0.4, -0.2) is 114 Å². The second kappa shape index (κ2) is 42.2. The molecule has 5 aromatic heterocycles. The third kappa shape index (κ3) is 35.8. The summed E-state index contributed by atoms with van der Waals surface area (Å²) in [7, 11) is 6.22. The molecule has 0 saturated carbocycles. The third-order valence-corrected chi connectivity index (χ3v) is 11.1. The van der Waals surface area contributed by atoms with E-state index in [0.29, 0.717) is 39.5 Å². The Balaban J connectivity index is -0.000000810. The molecule has 0 bridgehead atoms. The number of thiazole rings is 1. The number of carbonyl (C=O) groups excluding carboxylic acids is 4. The number of hydrogen-bond donors (Lipinski definition) is 4. The van der Waals surface area contributed by atoms with Gasteiger partial charge in [0, 0.05) is 72.2 Å². The Morgan fingerprint density at radius 3 is 1.23 bits per heavy atom. The molecule has 0 aliphatic rings. The van der Waals surface area contributed by atoms with Crippen LogP contribution in [0.5, 0.6) is 23.0 Å². The maximum absolute atomic E-state index is 10.6. The van der Waals surface area contributed by atoms with Crippen LogP contribution in [-0.2, 0) is 19.2 Å². The molecular weight excluding hydrogens is 1160 g/mol. The van der Waals surface area contributed by atoms with Crippen LogP contribution >= 0.6 is 67.0 Å². The first-order valence-corrected chi connectivity index (χ1v) is 26.4. The van der Waals surface area contributed by atoms with Crippen molar-refractivity contribution in [3.63, 3.8) is 0 Å². The number of halogens is 3. The number of nitrogens with two attached hydrogens (primary N) is 2. The van der Waals surface area contributed by atoms with Gasteiger partial charge in [-0.2, -0.15) is 0 Å². The van der Waals surface area contributed by atoms with Gasteiger partial charge in [-0.05, 0) is 41.8 Å². The summed E-state index contributed by atoms with van der Waals surface area (Å²) in [6, 6.07) is 13.3. The molecular formula is C51H70Br2ClN7O12S2. The average molecular weight is 1230 g/mol. The molecule has 0 unspecified atom stereocenters. The number of alkyl halides is 2. The van der Waals surface area contributed by atoms with E-state index in [0.717, 1.165) is 22.1 Å². The van der Waals surface area contributed by atoms with Gasteiger partial charge in [0.25, 0.3) is 5.91 Å². The Morgan fingerprint density at radius 2 is 0.947 bits per heavy atom. The number of aliphatic carboxylic acids is 1. The Morgan fingerprint density at radius 1 is 0.600 bits per heavy atom. The van der Waals surface area contributed by atoms with Crippen LogP contribution in [0.1, 0.15) is 108 Å². The van der Waals surface area contributed by atoms with Crippen molar-refractivity contribution in [1.82, 2.24) is 24.9 Å². The van der Waals surface area contributed by atoms with Gasteiger partial charge in [-0.25, -0.2) is 14.8 Å². The number of carboxylic acid groups (broad SMARTS) is 2. The van der Waals surface area contributed by atoms with Crippen LogP contribution in [0.2, 0.25) is 0 Å². The maximum atomic E-state index is 10.6. The van der Waals surface area contributed by atoms with Crippen molar-refractivity contribution >= 4 is 107 Å². The quantitative estimate of drug-likeness (QED) is 0.0430. The predicted molar refractivity (Wildman–Crippen MR) is 305 cm³/mol. The first kappa shape index (κ1) is 73.2. The molecule has 75 heavy (non-hydrogen) atoms. The zero-order valence-corrected chi connectivity index (χ0v) is 50.2. The summed E-state index contributed by atoms with van der Waals surface area (Å²) in [4.78, 5) is 81.9. The second-order valence-corrected chi connectivity index (χ2v) is 18.8. The molecule has 5 aromatic rings. The zero-order chi connectivity index (χ0) is 58.4. The molecule has 0 fully saturated rings. The Labute approximate surface area is 471 Å². The lowest BCUT2D eigenvalue weighted by Crippen LogP contribution is -2.12. The van der Waals surface area contributed by atoms with Crippen LogP contribution in [0, 0.1) is 23.7 Å². The lowest BCUT2D eigenvalue weighted by atomic mass is 10.1. The van der Waals surface area contributed by atoms with Crippen molar-refractivity contribution < 1.29 is 57.9 Å². The fourth-order valence-corrected chi connectivity index (χ4v) is 5.99. The summed E-state index contributed by atoms with van der Waals surface area (Å²) in [5, 5.41) is 20.2. The Kier molecular flexibility index (Phi) is 41.2. The number of pyridine rings is 4. The fraction of sp³-hybridized carbons (Fsp3) is 0.412. The molecule has 0 aromatic carbocycles. The summed E-state index contributed by atoms with van der Waals surface area (Å²) >= 11 is 17.5. The van der Waals surface area contributed by atoms with E-state index >= 15 is 0 Å². The molecule has 19 nitrogen and oxygen atoms in total. The van der Waals surface area contributed by atoms with Crippen LogP contribution in [0.4, 0.5) is 0 Å². The lowest BCUT2D eigenvalue weighted by Gasteiger charge is -2.01. The largest absolute Gasteiger partial charge is 0.497 e. The molecule has 5 rings (SSSR count). The third-order valence-electron chi connectivity index (χ3n) is 8.42. The number of methoxy groups -OCH3 is 4. The normalized spacial score (nSPS) is 9.63. The van der Waals surface area contributed by atoms with Gasteiger partial charge < -0.3 is 40.6 Å². The van der Waals surface area contributed by atoms with E-state index in [2.05, 4.69) is 76.0 Å². The number of ketones is 2. The zero-order valence-electron chi connectivity index (χ0n) is 44.6. The van der Waals surface area contributed by atoms with Crippen molar-refractivity contribution in [1.29, 1.82) is 0 Å². The van der Waals surface area contributed by atoms with Crippen LogP contribution in [0.25, 0.3) is 10.7 Å². The van der Waals surface area contributed by atoms with Gasteiger partial charge in [0.1, 0.15) is 61.6 Å². The van der Waals surface area contributed by atoms with E-state index in [4.69, 9.17) is 64.4 Å². The molecule has 414 valence electrons. The summed E-state index contributed by atoms with van der Waals surface area (Å²) in [6.07, 6.45) is 6.21. The van der Waals surface area contributed by atoms with Gasteiger partial charge in [0.15, 0.2) is 5.69 Å². The Bertz CT molecular complexity index is 2320. The highest BCUT2D eigenvalue weighted by molar-refractivity contribution is 9.09. The van der Waals surface area contributed by atoms with Crippen LogP contribution in [0.15, 0.2) is 78.7 Å². The van der Waals surface area contributed by atoms with Crippen LogP contribution < -0.4 is 30.4 Å². The number of Topliss-reactive ketones (excluding diaryl/α,β-unsaturated/α-hetero) is 2. The first-order valence-electron chi connectivity index (χ1n) is 22.5. The van der Waals surface area contributed by atoms with E-state index in [-0.39, 0.29) is 56.9 Å². The molecule has 5 heterocycles. The minimum absolute atomic E-state index is 0.00986. The molecule has 0 radical (unpaired) electrons. The molecule has 1 amide bonds. The lowest BCUT2D eigenvalue weighted by molar-refractivity contribution is -0.140. The molecule has 0 saturated heterocycles. The number of primary amides is 1. The standard InChI is InChI=1S/C12H14N2OS.C7H8N2O2.C7H8N2OS.C7H7NO3.2C5H9BrO.C4H7ClO.C4H8O2/c1-8(2)11-7-16-12(14-11)10-6-9(15-3)4-5-13-10;1-11-5-2-3-9-6(4-5)7(8)10;1-10-5-2-3-9-6(4-5)7(8)11;1-11-5-2-3-8-6(4-5)7(9)10;2*1-4(2)5(7)3-6;2*1-3(2)4(5)6/h4-8H,1-3H3;2-4H,1H3,(H2,8,10);2-4H,1H3,(H2,8,11);2-4H,1H3,(H,9,10);2*4H,3H2,1-2H3;3H,1-2H3;3H,1-2H3,(H,5,6). The summed E-state index contributed by atoms with van der Waals surface area (Å²) in [6.45, 7) is 18.6. The average Bonchev–Trinajstić information content (AvgIpc) is 3.91. The van der Waals surface area contributed by atoms with Gasteiger partial charge in [-0.15, -0.1) is 11.3 Å². The smallest absolute Gasteiger partial charge is 0.354 e. The van der Waals surface area contributed by atoms with Gasteiger partial charge in [0.05, 0.1) is 50.7 Å². The number of aromatic nitrogens is 5. The SMILES string of the molecule is CC(C)C(=O)CBr.CC(C)C(=O)CBr.CC(C)C(=O)Cl.CC(C)C(=O)O.COc1ccnc(-c2nc(C(C)C)cs2)c1.COc1ccnc(C(=O)O)c1.COc1ccnc(C(N)=O)c1.COc1ccnc(C(N)=S)c1. The summed E-state index contributed by atoms with van der Waals surface area (Å²) < 4.78 is 19.8. The molecule has 0 aliphatic carbocycles. The van der Waals surface area contributed by atoms with Gasteiger partial charge >= 0.3 is 11.9 Å². The van der Waals surface area contributed by atoms with Crippen molar-refractivity contribution in [2.75, 3.05) is 39.1 Å². The molecule has 6 N–H and O–H groups in total.